The zero-order chi connectivity index (χ0) is 16.6. The summed E-state index contributed by atoms with van der Waals surface area (Å²) in [4.78, 5) is 26.0. The Hall–Kier alpha value is -2.73. The molecule has 1 aromatic carbocycles. The van der Waals surface area contributed by atoms with E-state index in [1.165, 1.54) is 6.92 Å². The highest BCUT2D eigenvalue weighted by Crippen LogP contribution is 2.32. The fourth-order valence-corrected chi connectivity index (χ4v) is 2.77. The van der Waals surface area contributed by atoms with E-state index in [0.717, 1.165) is 11.3 Å². The van der Waals surface area contributed by atoms with Gasteiger partial charge in [-0.2, -0.15) is 0 Å². The summed E-state index contributed by atoms with van der Waals surface area (Å²) in [5, 5.41) is 2.70. The van der Waals surface area contributed by atoms with E-state index in [1.54, 1.807) is 18.2 Å². The van der Waals surface area contributed by atoms with E-state index in [-0.39, 0.29) is 5.91 Å². The van der Waals surface area contributed by atoms with Gasteiger partial charge >= 0.3 is 5.97 Å². The molecule has 0 radical (unpaired) electrons. The molecule has 0 atom stereocenters. The lowest BCUT2D eigenvalue weighted by Gasteiger charge is -2.03. The number of carbonyl (C=O) groups is 2. The zero-order valence-electron chi connectivity index (χ0n) is 12.6. The van der Waals surface area contributed by atoms with E-state index in [1.807, 2.05) is 25.1 Å². The summed E-state index contributed by atoms with van der Waals surface area (Å²) in [5.74, 6) is -0.0951. The Morgan fingerprint density at radius 3 is 2.65 bits per heavy atom. The first-order valence-electron chi connectivity index (χ1n) is 7.00. The largest absolute Gasteiger partial charge is 0.422 e. The van der Waals surface area contributed by atoms with E-state index >= 15 is 0 Å². The SMILES string of the molecule is CC(=O)Nc1ccc(/C=C2\OC(=O)c3c2cc(C)[nH]c3=S)cc1. The van der Waals surface area contributed by atoms with Crippen molar-refractivity contribution in [3.8, 4) is 0 Å². The lowest BCUT2D eigenvalue weighted by atomic mass is 10.1. The monoisotopic (exact) mass is 326 g/mol. The van der Waals surface area contributed by atoms with Crippen LogP contribution in [0.5, 0.6) is 0 Å². The number of hydrogen-bond donors (Lipinski definition) is 2. The lowest BCUT2D eigenvalue weighted by molar-refractivity contribution is -0.114. The number of aromatic nitrogens is 1. The molecule has 23 heavy (non-hydrogen) atoms. The van der Waals surface area contributed by atoms with Gasteiger partial charge in [0.2, 0.25) is 5.91 Å². The number of cyclic esters (lactones) is 1. The maximum Gasteiger partial charge on any atom is 0.347 e. The van der Waals surface area contributed by atoms with Crippen molar-refractivity contribution in [2.75, 3.05) is 5.32 Å². The fourth-order valence-electron chi connectivity index (χ4n) is 2.42. The molecular weight excluding hydrogens is 312 g/mol. The highest BCUT2D eigenvalue weighted by molar-refractivity contribution is 7.71. The summed E-state index contributed by atoms with van der Waals surface area (Å²) in [7, 11) is 0. The minimum absolute atomic E-state index is 0.126. The predicted octanol–water partition coefficient (Wildman–Crippen LogP) is 3.68. The molecule has 5 nitrogen and oxygen atoms in total. The van der Waals surface area contributed by atoms with Gasteiger partial charge in [0, 0.05) is 23.9 Å². The summed E-state index contributed by atoms with van der Waals surface area (Å²) in [6.07, 6.45) is 1.77. The van der Waals surface area contributed by atoms with Gasteiger partial charge < -0.3 is 15.0 Å². The van der Waals surface area contributed by atoms with Crippen LogP contribution in [-0.2, 0) is 9.53 Å². The molecule has 1 aliphatic heterocycles. The van der Waals surface area contributed by atoms with E-state index in [0.29, 0.717) is 27.2 Å². The molecule has 0 bridgehead atoms. The molecule has 2 N–H and O–H groups in total. The molecule has 0 unspecified atom stereocenters. The maximum absolute atomic E-state index is 12.0. The molecule has 2 aromatic rings. The summed E-state index contributed by atoms with van der Waals surface area (Å²) < 4.78 is 5.72. The number of carbonyl (C=O) groups excluding carboxylic acids is 2. The molecule has 1 amide bonds. The van der Waals surface area contributed by atoms with Gasteiger partial charge in [-0.05, 0) is 36.8 Å². The fraction of sp³-hybridized carbons (Fsp3) is 0.118. The third-order valence-electron chi connectivity index (χ3n) is 3.37. The Bertz CT molecular complexity index is 895. The number of fused-ring (bicyclic) bond motifs is 1. The van der Waals surface area contributed by atoms with Crippen molar-refractivity contribution in [3.05, 3.63) is 57.4 Å². The van der Waals surface area contributed by atoms with Gasteiger partial charge in [-0.3, -0.25) is 4.79 Å². The van der Waals surface area contributed by atoms with Gasteiger partial charge in [0.25, 0.3) is 0 Å². The van der Waals surface area contributed by atoms with Crippen LogP contribution in [0.15, 0.2) is 30.3 Å². The van der Waals surface area contributed by atoms with E-state index in [2.05, 4.69) is 10.3 Å². The van der Waals surface area contributed by atoms with Crippen LogP contribution < -0.4 is 5.32 Å². The van der Waals surface area contributed by atoms with Crippen LogP contribution in [0.2, 0.25) is 0 Å². The molecule has 1 aromatic heterocycles. The minimum Gasteiger partial charge on any atom is -0.422 e. The Labute approximate surface area is 138 Å². The van der Waals surface area contributed by atoms with Crippen LogP contribution in [0.4, 0.5) is 5.69 Å². The Kier molecular flexibility index (Phi) is 3.83. The number of benzene rings is 1. The van der Waals surface area contributed by atoms with Crippen molar-refractivity contribution < 1.29 is 14.3 Å². The topological polar surface area (TPSA) is 71.2 Å². The van der Waals surface area contributed by atoms with Gasteiger partial charge in [0.1, 0.15) is 16.0 Å². The Morgan fingerprint density at radius 1 is 1.30 bits per heavy atom. The molecule has 6 heteroatoms. The van der Waals surface area contributed by atoms with Crippen LogP contribution in [-0.4, -0.2) is 16.9 Å². The second-order valence-corrected chi connectivity index (χ2v) is 5.68. The van der Waals surface area contributed by atoms with Gasteiger partial charge in [-0.1, -0.05) is 24.4 Å². The number of amides is 1. The lowest BCUT2D eigenvalue weighted by Crippen LogP contribution is -2.05. The number of aryl methyl sites for hydroxylation is 1. The van der Waals surface area contributed by atoms with Crippen molar-refractivity contribution in [1.82, 2.24) is 4.98 Å². The van der Waals surface area contributed by atoms with Crippen molar-refractivity contribution in [1.29, 1.82) is 0 Å². The van der Waals surface area contributed by atoms with Crippen molar-refractivity contribution >= 4 is 41.6 Å². The molecule has 116 valence electrons. The first kappa shape index (κ1) is 15.2. The number of ether oxygens (including phenoxy) is 1. The van der Waals surface area contributed by atoms with Crippen LogP contribution in [0.3, 0.4) is 0 Å². The van der Waals surface area contributed by atoms with Crippen molar-refractivity contribution in [3.63, 3.8) is 0 Å². The van der Waals surface area contributed by atoms with Gasteiger partial charge in [0.15, 0.2) is 0 Å². The normalized spacial score (nSPS) is 14.5. The van der Waals surface area contributed by atoms with E-state index in [9.17, 15) is 9.59 Å². The summed E-state index contributed by atoms with van der Waals surface area (Å²) >= 11 is 5.19. The highest BCUT2D eigenvalue weighted by atomic mass is 32.1. The summed E-state index contributed by atoms with van der Waals surface area (Å²) in [5.41, 5.74) is 3.51. The molecule has 0 saturated carbocycles. The van der Waals surface area contributed by atoms with Gasteiger partial charge in [-0.25, -0.2) is 4.79 Å². The van der Waals surface area contributed by atoms with Crippen LogP contribution in [0, 0.1) is 11.6 Å². The average molecular weight is 326 g/mol. The number of rotatable bonds is 2. The van der Waals surface area contributed by atoms with Gasteiger partial charge in [0.05, 0.1) is 0 Å². The number of H-pyrrole nitrogens is 1. The molecule has 0 aliphatic carbocycles. The maximum atomic E-state index is 12.0. The molecule has 1 aliphatic rings. The average Bonchev–Trinajstić information content (AvgIpc) is 2.77. The number of nitrogens with one attached hydrogen (secondary N) is 2. The minimum atomic E-state index is -0.442. The first-order valence-corrected chi connectivity index (χ1v) is 7.40. The summed E-state index contributed by atoms with van der Waals surface area (Å²) in [6, 6.07) is 9.08. The third kappa shape index (κ3) is 3.07. The first-order chi connectivity index (χ1) is 10.9. The zero-order valence-corrected chi connectivity index (χ0v) is 13.4. The number of anilines is 1. The second kappa shape index (κ2) is 5.81. The predicted molar refractivity (Wildman–Crippen MR) is 90.4 cm³/mol. The number of aromatic amines is 1. The van der Waals surface area contributed by atoms with Crippen LogP contribution >= 0.6 is 12.2 Å². The smallest absolute Gasteiger partial charge is 0.347 e. The number of hydrogen-bond acceptors (Lipinski definition) is 4. The Morgan fingerprint density at radius 2 is 2.00 bits per heavy atom. The number of pyridine rings is 1. The van der Waals surface area contributed by atoms with E-state index < -0.39 is 5.97 Å². The standard InChI is InChI=1S/C17H14N2O3S/c1-9-7-13-14(22-17(21)15(13)16(23)18-9)8-11-3-5-12(6-4-11)19-10(2)20/h3-8H,1-2H3,(H,18,23)(H,19,20)/b14-8-. The highest BCUT2D eigenvalue weighted by Gasteiger charge is 2.28. The molecule has 2 heterocycles. The molecule has 3 rings (SSSR count). The molecule has 0 fully saturated rings. The molecule has 0 saturated heterocycles. The third-order valence-corrected chi connectivity index (χ3v) is 3.68. The van der Waals surface area contributed by atoms with Crippen molar-refractivity contribution in [2.24, 2.45) is 0 Å². The Balaban J connectivity index is 1.98. The second-order valence-electron chi connectivity index (χ2n) is 5.27. The quantitative estimate of drug-likeness (QED) is 0.652. The molecule has 0 spiro atoms. The number of esters is 1. The molecular formula is C17H14N2O3S. The van der Waals surface area contributed by atoms with Crippen molar-refractivity contribution in [2.45, 2.75) is 13.8 Å². The van der Waals surface area contributed by atoms with Crippen LogP contribution in [0.1, 0.15) is 34.1 Å². The summed E-state index contributed by atoms with van der Waals surface area (Å²) in [6.45, 7) is 3.33. The van der Waals surface area contributed by atoms with Crippen LogP contribution in [0.25, 0.3) is 11.8 Å². The van der Waals surface area contributed by atoms with Gasteiger partial charge in [-0.15, -0.1) is 0 Å². The van der Waals surface area contributed by atoms with E-state index in [4.69, 9.17) is 17.0 Å².